The van der Waals surface area contributed by atoms with Crippen LogP contribution in [0.3, 0.4) is 0 Å². The number of hydrogen-bond donors (Lipinski definition) is 1. The van der Waals surface area contributed by atoms with E-state index in [1.54, 1.807) is 0 Å². The second kappa shape index (κ2) is 9.19. The summed E-state index contributed by atoms with van der Waals surface area (Å²) in [5.41, 5.74) is 2.16. The van der Waals surface area contributed by atoms with Gasteiger partial charge in [0.2, 0.25) is 10.0 Å². The molecule has 0 unspecified atom stereocenters. The van der Waals surface area contributed by atoms with Crippen LogP contribution in [0.4, 0.5) is 0 Å². The molecule has 0 bridgehead atoms. The van der Waals surface area contributed by atoms with Gasteiger partial charge in [-0.15, -0.1) is 0 Å². The SMILES string of the molecule is Cc1ccc(CNC(=O)COC(=O)c2cccc(S(=O)(=O)N3CCCC3)c2)cc1. The number of ether oxygens (including phenoxy) is 1. The summed E-state index contributed by atoms with van der Waals surface area (Å²) < 4.78 is 31.7. The minimum absolute atomic E-state index is 0.0534. The van der Waals surface area contributed by atoms with Crippen molar-refractivity contribution in [2.75, 3.05) is 19.7 Å². The molecule has 0 aliphatic carbocycles. The molecule has 1 aliphatic rings. The van der Waals surface area contributed by atoms with Crippen LogP contribution >= 0.6 is 0 Å². The Bertz CT molecular complexity index is 980. The Labute approximate surface area is 170 Å². The second-order valence-corrected chi connectivity index (χ2v) is 8.92. The third kappa shape index (κ3) is 5.42. The quantitative estimate of drug-likeness (QED) is 0.699. The van der Waals surface area contributed by atoms with E-state index in [1.165, 1.54) is 28.6 Å². The van der Waals surface area contributed by atoms with Crippen LogP contribution in [0.2, 0.25) is 0 Å². The fraction of sp³-hybridized carbons (Fsp3) is 0.333. The first kappa shape index (κ1) is 21.0. The number of benzene rings is 2. The molecule has 1 aliphatic heterocycles. The van der Waals surface area contributed by atoms with Gasteiger partial charge in [-0.2, -0.15) is 4.31 Å². The molecule has 1 heterocycles. The molecule has 1 N–H and O–H groups in total. The Morgan fingerprint density at radius 3 is 2.45 bits per heavy atom. The average Bonchev–Trinajstić information content (AvgIpc) is 3.27. The van der Waals surface area contributed by atoms with Crippen molar-refractivity contribution in [3.63, 3.8) is 0 Å². The fourth-order valence-corrected chi connectivity index (χ4v) is 4.60. The summed E-state index contributed by atoms with van der Waals surface area (Å²) in [5, 5.41) is 2.68. The van der Waals surface area contributed by atoms with Crippen molar-refractivity contribution >= 4 is 21.9 Å². The van der Waals surface area contributed by atoms with E-state index in [2.05, 4.69) is 5.32 Å². The number of rotatable bonds is 7. The topological polar surface area (TPSA) is 92.8 Å². The van der Waals surface area contributed by atoms with Crippen LogP contribution < -0.4 is 5.32 Å². The molecule has 7 nitrogen and oxygen atoms in total. The summed E-state index contributed by atoms with van der Waals surface area (Å²) >= 11 is 0. The maximum Gasteiger partial charge on any atom is 0.338 e. The molecule has 3 rings (SSSR count). The minimum atomic E-state index is -3.62. The van der Waals surface area contributed by atoms with Gasteiger partial charge < -0.3 is 10.1 Å². The van der Waals surface area contributed by atoms with E-state index in [9.17, 15) is 18.0 Å². The molecule has 2 aromatic carbocycles. The third-order valence-corrected chi connectivity index (χ3v) is 6.61. The number of aryl methyl sites for hydroxylation is 1. The highest BCUT2D eigenvalue weighted by molar-refractivity contribution is 7.89. The summed E-state index contributed by atoms with van der Waals surface area (Å²) in [5.74, 6) is -1.17. The molecule has 1 saturated heterocycles. The van der Waals surface area contributed by atoms with Gasteiger partial charge in [0.05, 0.1) is 10.5 Å². The van der Waals surface area contributed by atoms with Crippen molar-refractivity contribution in [3.8, 4) is 0 Å². The van der Waals surface area contributed by atoms with Crippen LogP contribution in [0.15, 0.2) is 53.4 Å². The number of carbonyl (C=O) groups is 2. The van der Waals surface area contributed by atoms with Gasteiger partial charge in [-0.3, -0.25) is 4.79 Å². The van der Waals surface area contributed by atoms with Gasteiger partial charge in [0.15, 0.2) is 6.61 Å². The number of esters is 1. The third-order valence-electron chi connectivity index (χ3n) is 4.72. The molecular formula is C21H24N2O5S. The van der Waals surface area contributed by atoms with Gasteiger partial charge in [-0.1, -0.05) is 35.9 Å². The number of nitrogens with one attached hydrogen (secondary N) is 1. The predicted octanol–water partition coefficient (Wildman–Crippen LogP) is 2.25. The standard InChI is InChI=1S/C21H24N2O5S/c1-16-7-9-17(10-8-16)14-22-20(24)15-28-21(25)18-5-4-6-19(13-18)29(26,27)23-11-2-3-12-23/h4-10,13H,2-3,11-12,14-15H2,1H3,(H,22,24). The first-order valence-corrected chi connectivity index (χ1v) is 10.9. The van der Waals surface area contributed by atoms with Crippen LogP contribution in [0.1, 0.15) is 34.3 Å². The Hall–Kier alpha value is -2.71. The molecule has 0 spiro atoms. The molecule has 2 aromatic rings. The maximum absolute atomic E-state index is 12.6. The molecule has 0 saturated carbocycles. The summed E-state index contributed by atoms with van der Waals surface area (Å²) in [6.45, 7) is 2.84. The highest BCUT2D eigenvalue weighted by Gasteiger charge is 2.27. The molecular weight excluding hydrogens is 392 g/mol. The highest BCUT2D eigenvalue weighted by atomic mass is 32.2. The first-order chi connectivity index (χ1) is 13.9. The van der Waals surface area contributed by atoms with Crippen molar-refractivity contribution in [1.82, 2.24) is 9.62 Å². The molecule has 154 valence electrons. The Kier molecular flexibility index (Phi) is 6.66. The van der Waals surface area contributed by atoms with Crippen molar-refractivity contribution in [2.24, 2.45) is 0 Å². The van der Waals surface area contributed by atoms with E-state index >= 15 is 0 Å². The van der Waals surface area contributed by atoms with E-state index in [-0.39, 0.29) is 10.5 Å². The van der Waals surface area contributed by atoms with Gasteiger partial charge >= 0.3 is 5.97 Å². The summed E-state index contributed by atoms with van der Waals surface area (Å²) in [4.78, 5) is 24.2. The maximum atomic E-state index is 12.6. The zero-order valence-electron chi connectivity index (χ0n) is 16.3. The van der Waals surface area contributed by atoms with Crippen molar-refractivity contribution in [1.29, 1.82) is 0 Å². The number of amides is 1. The number of nitrogens with zero attached hydrogens (tertiary/aromatic N) is 1. The largest absolute Gasteiger partial charge is 0.452 e. The molecule has 8 heteroatoms. The molecule has 29 heavy (non-hydrogen) atoms. The lowest BCUT2D eigenvalue weighted by Crippen LogP contribution is -2.29. The first-order valence-electron chi connectivity index (χ1n) is 9.46. The van der Waals surface area contributed by atoms with E-state index in [1.807, 2.05) is 31.2 Å². The highest BCUT2D eigenvalue weighted by Crippen LogP contribution is 2.21. The van der Waals surface area contributed by atoms with Gasteiger partial charge in [-0.25, -0.2) is 13.2 Å². The van der Waals surface area contributed by atoms with Crippen molar-refractivity contribution in [2.45, 2.75) is 31.2 Å². The van der Waals surface area contributed by atoms with Crippen LogP contribution in [-0.4, -0.2) is 44.3 Å². The zero-order valence-corrected chi connectivity index (χ0v) is 17.1. The lowest BCUT2D eigenvalue weighted by atomic mass is 10.1. The monoisotopic (exact) mass is 416 g/mol. The normalized spacial score (nSPS) is 14.5. The van der Waals surface area contributed by atoms with Gasteiger partial charge in [0, 0.05) is 19.6 Å². The van der Waals surface area contributed by atoms with Gasteiger partial charge in [0.25, 0.3) is 5.91 Å². The van der Waals surface area contributed by atoms with Gasteiger partial charge in [-0.05, 0) is 43.5 Å². The van der Waals surface area contributed by atoms with E-state index in [0.717, 1.165) is 24.0 Å². The van der Waals surface area contributed by atoms with E-state index in [0.29, 0.717) is 19.6 Å². The fourth-order valence-electron chi connectivity index (χ4n) is 3.03. The Morgan fingerprint density at radius 2 is 1.76 bits per heavy atom. The second-order valence-electron chi connectivity index (χ2n) is 6.98. The molecule has 1 fully saturated rings. The molecule has 0 atom stereocenters. The summed E-state index contributed by atoms with van der Waals surface area (Å²) in [6.07, 6.45) is 1.66. The summed E-state index contributed by atoms with van der Waals surface area (Å²) in [7, 11) is -3.62. The lowest BCUT2D eigenvalue weighted by molar-refractivity contribution is -0.124. The predicted molar refractivity (Wildman–Crippen MR) is 108 cm³/mol. The molecule has 0 radical (unpaired) electrons. The number of sulfonamides is 1. The minimum Gasteiger partial charge on any atom is -0.452 e. The van der Waals surface area contributed by atoms with Crippen LogP contribution in [-0.2, 0) is 26.1 Å². The van der Waals surface area contributed by atoms with Crippen molar-refractivity contribution < 1.29 is 22.7 Å². The molecule has 0 aromatic heterocycles. The Balaban J connectivity index is 1.55. The number of hydrogen-bond acceptors (Lipinski definition) is 5. The number of carbonyl (C=O) groups excluding carboxylic acids is 2. The smallest absolute Gasteiger partial charge is 0.338 e. The van der Waals surface area contributed by atoms with E-state index in [4.69, 9.17) is 4.74 Å². The lowest BCUT2D eigenvalue weighted by Gasteiger charge is -2.15. The Morgan fingerprint density at radius 1 is 1.07 bits per heavy atom. The van der Waals surface area contributed by atoms with Crippen LogP contribution in [0.5, 0.6) is 0 Å². The zero-order chi connectivity index (χ0) is 20.9. The average molecular weight is 416 g/mol. The van der Waals surface area contributed by atoms with Crippen LogP contribution in [0, 0.1) is 6.92 Å². The summed E-state index contributed by atoms with van der Waals surface area (Å²) in [6, 6.07) is 13.4. The molecule has 1 amide bonds. The van der Waals surface area contributed by atoms with E-state index < -0.39 is 28.5 Å². The van der Waals surface area contributed by atoms with Crippen LogP contribution in [0.25, 0.3) is 0 Å². The van der Waals surface area contributed by atoms with Crippen molar-refractivity contribution in [3.05, 3.63) is 65.2 Å². The van der Waals surface area contributed by atoms with Gasteiger partial charge in [0.1, 0.15) is 0 Å².